The maximum absolute atomic E-state index is 11.3. The van der Waals surface area contributed by atoms with Crippen molar-refractivity contribution < 1.29 is 4.79 Å². The number of carbonyl (C=O) groups is 1. The largest absolute Gasteiger partial charge is 0.355 e. The lowest BCUT2D eigenvalue weighted by Crippen LogP contribution is -2.33. The number of nitrogens with zero attached hydrogens (tertiary/aromatic N) is 2. The third-order valence-electron chi connectivity index (χ3n) is 2.86. The molecule has 0 bridgehead atoms. The number of likely N-dealkylation sites (N-methyl/N-ethyl adjacent to an activating group) is 1. The van der Waals surface area contributed by atoms with Crippen LogP contribution in [0.4, 0.5) is 0 Å². The summed E-state index contributed by atoms with van der Waals surface area (Å²) >= 11 is 0. The molecule has 2 aromatic rings. The number of benzene rings is 1. The van der Waals surface area contributed by atoms with Gasteiger partial charge < -0.3 is 10.6 Å². The number of nitrogens with one attached hydrogen (secondary N) is 2. The maximum atomic E-state index is 11.3. The predicted molar refractivity (Wildman–Crippen MR) is 78.2 cm³/mol. The Balaban J connectivity index is 1.79. The van der Waals surface area contributed by atoms with Crippen molar-refractivity contribution in [2.24, 2.45) is 0 Å². The number of aromatic nitrogens is 2. The molecule has 0 unspecified atom stereocenters. The van der Waals surface area contributed by atoms with Crippen LogP contribution >= 0.6 is 0 Å². The van der Waals surface area contributed by atoms with E-state index >= 15 is 0 Å². The van der Waals surface area contributed by atoms with Gasteiger partial charge in [-0.1, -0.05) is 30.3 Å². The minimum absolute atomic E-state index is 0.0178. The van der Waals surface area contributed by atoms with Crippen LogP contribution in [0.3, 0.4) is 0 Å². The van der Waals surface area contributed by atoms with Crippen molar-refractivity contribution in [1.29, 1.82) is 0 Å². The number of hydrogen-bond acceptors (Lipinski definition) is 3. The van der Waals surface area contributed by atoms with Gasteiger partial charge in [-0.3, -0.25) is 9.48 Å². The Bertz CT molecular complexity index is 536. The predicted octanol–water partition coefficient (Wildman–Crippen LogP) is 1.16. The molecule has 0 saturated heterocycles. The molecule has 1 amide bonds. The van der Waals surface area contributed by atoms with Gasteiger partial charge in [0.2, 0.25) is 5.91 Å². The minimum atomic E-state index is 0.0178. The van der Waals surface area contributed by atoms with Crippen molar-refractivity contribution in [3.8, 4) is 0 Å². The van der Waals surface area contributed by atoms with Crippen LogP contribution in [0, 0.1) is 0 Å². The summed E-state index contributed by atoms with van der Waals surface area (Å²) in [7, 11) is 0. The van der Waals surface area contributed by atoms with Gasteiger partial charge in [0.05, 0.1) is 19.3 Å². The lowest BCUT2D eigenvalue weighted by Gasteiger charge is -2.03. The molecule has 106 valence electrons. The second kappa shape index (κ2) is 7.45. The second-order valence-electron chi connectivity index (χ2n) is 4.59. The lowest BCUT2D eigenvalue weighted by molar-refractivity contribution is -0.120. The van der Waals surface area contributed by atoms with Crippen LogP contribution in [-0.2, 0) is 17.9 Å². The van der Waals surface area contributed by atoms with Gasteiger partial charge >= 0.3 is 0 Å². The molecule has 0 saturated carbocycles. The SMILES string of the molecule is CCNC(=O)CNCc1cnn(Cc2ccccc2)c1. The fourth-order valence-electron chi connectivity index (χ4n) is 1.93. The highest BCUT2D eigenvalue weighted by Gasteiger charge is 2.01. The van der Waals surface area contributed by atoms with Gasteiger partial charge in [0.25, 0.3) is 0 Å². The quantitative estimate of drug-likeness (QED) is 0.795. The maximum Gasteiger partial charge on any atom is 0.233 e. The van der Waals surface area contributed by atoms with E-state index in [1.54, 1.807) is 0 Å². The van der Waals surface area contributed by atoms with E-state index in [9.17, 15) is 4.79 Å². The highest BCUT2D eigenvalue weighted by Crippen LogP contribution is 2.03. The average molecular weight is 272 g/mol. The summed E-state index contributed by atoms with van der Waals surface area (Å²) in [5.74, 6) is 0.0178. The molecule has 20 heavy (non-hydrogen) atoms. The molecule has 0 radical (unpaired) electrons. The zero-order valence-electron chi connectivity index (χ0n) is 11.7. The molecule has 1 aromatic heterocycles. The molecular weight excluding hydrogens is 252 g/mol. The summed E-state index contributed by atoms with van der Waals surface area (Å²) in [5, 5.41) is 10.2. The summed E-state index contributed by atoms with van der Waals surface area (Å²) in [6, 6.07) is 10.2. The Hall–Kier alpha value is -2.14. The normalized spacial score (nSPS) is 10.4. The van der Waals surface area contributed by atoms with E-state index in [0.717, 1.165) is 12.1 Å². The standard InChI is InChI=1S/C15H20N4O/c1-2-17-15(20)10-16-8-14-9-18-19(12-14)11-13-6-4-3-5-7-13/h3-7,9,12,16H,2,8,10-11H2,1H3,(H,17,20). The van der Waals surface area contributed by atoms with E-state index in [1.807, 2.05) is 42.2 Å². The van der Waals surface area contributed by atoms with E-state index in [2.05, 4.69) is 27.9 Å². The fourth-order valence-corrected chi connectivity index (χ4v) is 1.93. The smallest absolute Gasteiger partial charge is 0.233 e. The molecule has 0 aliphatic heterocycles. The molecule has 2 N–H and O–H groups in total. The van der Waals surface area contributed by atoms with Crippen molar-refractivity contribution in [3.05, 3.63) is 53.9 Å². The summed E-state index contributed by atoms with van der Waals surface area (Å²) < 4.78 is 1.90. The Kier molecular flexibility index (Phi) is 5.32. The van der Waals surface area contributed by atoms with Crippen molar-refractivity contribution in [2.75, 3.05) is 13.1 Å². The Morgan fingerprint density at radius 1 is 1.25 bits per heavy atom. The van der Waals surface area contributed by atoms with Gasteiger partial charge in [-0.2, -0.15) is 5.10 Å². The van der Waals surface area contributed by atoms with E-state index in [1.165, 1.54) is 5.56 Å². The van der Waals surface area contributed by atoms with Crippen LogP contribution in [0.1, 0.15) is 18.1 Å². The molecule has 1 heterocycles. The molecule has 1 aromatic carbocycles. The summed E-state index contributed by atoms with van der Waals surface area (Å²) in [4.78, 5) is 11.3. The van der Waals surface area contributed by atoms with Gasteiger partial charge in [0, 0.05) is 24.8 Å². The van der Waals surface area contributed by atoms with E-state index in [-0.39, 0.29) is 5.91 Å². The third kappa shape index (κ3) is 4.51. The van der Waals surface area contributed by atoms with E-state index in [4.69, 9.17) is 0 Å². The zero-order valence-corrected chi connectivity index (χ0v) is 11.7. The summed E-state index contributed by atoms with van der Waals surface area (Å²) in [5.41, 5.74) is 2.29. The first kappa shape index (κ1) is 14.3. The molecule has 0 fully saturated rings. The molecule has 0 spiro atoms. The van der Waals surface area contributed by atoms with Crippen molar-refractivity contribution >= 4 is 5.91 Å². The number of hydrogen-bond donors (Lipinski definition) is 2. The van der Waals surface area contributed by atoms with Crippen LogP contribution in [0.15, 0.2) is 42.7 Å². The van der Waals surface area contributed by atoms with Gasteiger partial charge in [-0.05, 0) is 12.5 Å². The summed E-state index contributed by atoms with van der Waals surface area (Å²) in [6.45, 7) is 4.31. The number of rotatable bonds is 7. The molecule has 5 nitrogen and oxygen atoms in total. The lowest BCUT2D eigenvalue weighted by atomic mass is 10.2. The van der Waals surface area contributed by atoms with Crippen LogP contribution in [0.5, 0.6) is 0 Å². The monoisotopic (exact) mass is 272 g/mol. The van der Waals surface area contributed by atoms with Crippen LogP contribution in [0.2, 0.25) is 0 Å². The molecule has 2 rings (SSSR count). The highest BCUT2D eigenvalue weighted by atomic mass is 16.1. The van der Waals surface area contributed by atoms with E-state index < -0.39 is 0 Å². The Labute approximate surface area is 119 Å². The molecular formula is C15H20N4O. The number of carbonyl (C=O) groups excluding carboxylic acids is 1. The first-order valence-corrected chi connectivity index (χ1v) is 6.80. The van der Waals surface area contributed by atoms with E-state index in [0.29, 0.717) is 19.6 Å². The summed E-state index contributed by atoms with van der Waals surface area (Å²) in [6.07, 6.45) is 3.82. The van der Waals surface area contributed by atoms with Crippen LogP contribution in [0.25, 0.3) is 0 Å². The Morgan fingerprint density at radius 3 is 2.80 bits per heavy atom. The molecule has 0 aliphatic rings. The average Bonchev–Trinajstić information content (AvgIpc) is 2.88. The first-order valence-electron chi connectivity index (χ1n) is 6.80. The molecule has 0 atom stereocenters. The first-order chi connectivity index (χ1) is 9.78. The van der Waals surface area contributed by atoms with Gasteiger partial charge in [0.15, 0.2) is 0 Å². The topological polar surface area (TPSA) is 59.0 Å². The second-order valence-corrected chi connectivity index (χ2v) is 4.59. The van der Waals surface area contributed by atoms with Gasteiger partial charge in [-0.25, -0.2) is 0 Å². The molecule has 0 aliphatic carbocycles. The van der Waals surface area contributed by atoms with Crippen molar-refractivity contribution in [3.63, 3.8) is 0 Å². The zero-order chi connectivity index (χ0) is 14.2. The molecule has 5 heteroatoms. The Morgan fingerprint density at radius 2 is 2.05 bits per heavy atom. The highest BCUT2D eigenvalue weighted by molar-refractivity contribution is 5.77. The van der Waals surface area contributed by atoms with Crippen LogP contribution in [-0.4, -0.2) is 28.8 Å². The van der Waals surface area contributed by atoms with Crippen molar-refractivity contribution in [1.82, 2.24) is 20.4 Å². The fraction of sp³-hybridized carbons (Fsp3) is 0.333. The number of amides is 1. The van der Waals surface area contributed by atoms with Crippen LogP contribution < -0.4 is 10.6 Å². The van der Waals surface area contributed by atoms with Gasteiger partial charge in [0.1, 0.15) is 0 Å². The van der Waals surface area contributed by atoms with Gasteiger partial charge in [-0.15, -0.1) is 0 Å². The van der Waals surface area contributed by atoms with Crippen molar-refractivity contribution in [2.45, 2.75) is 20.0 Å². The minimum Gasteiger partial charge on any atom is -0.355 e. The third-order valence-corrected chi connectivity index (χ3v) is 2.86.